The highest BCUT2D eigenvalue weighted by atomic mass is 16.5. The number of aromatic hydroxyl groups is 1. The molecule has 1 aromatic rings. The van der Waals surface area contributed by atoms with Crippen LogP contribution in [0.15, 0.2) is 6.07 Å². The molecule has 0 bridgehead atoms. The summed E-state index contributed by atoms with van der Waals surface area (Å²) in [6, 6.07) is 3.16. The van der Waals surface area contributed by atoms with Gasteiger partial charge in [-0.3, -0.25) is 4.90 Å². The van der Waals surface area contributed by atoms with Crippen molar-refractivity contribution in [2.24, 2.45) is 5.73 Å². The van der Waals surface area contributed by atoms with E-state index in [4.69, 9.17) is 19.9 Å². The molecule has 0 radical (unpaired) electrons. The van der Waals surface area contributed by atoms with Crippen molar-refractivity contribution < 1.29 is 19.3 Å². The number of nitrogens with two attached hydrogens (primary N) is 1. The second-order valence-electron chi connectivity index (χ2n) is 7.52. The Bertz CT molecular complexity index is 708. The molecule has 0 spiro atoms. The third-order valence-corrected chi connectivity index (χ3v) is 5.00. The molecule has 2 aliphatic rings. The molecule has 1 saturated heterocycles. The van der Waals surface area contributed by atoms with Crippen molar-refractivity contribution in [3.8, 4) is 23.3 Å². The molecule has 1 fully saturated rings. The van der Waals surface area contributed by atoms with Crippen LogP contribution in [0.1, 0.15) is 25.0 Å². The molecule has 142 valence electrons. The number of rotatable bonds is 5. The first-order valence-corrected chi connectivity index (χ1v) is 8.94. The monoisotopic (exact) mass is 361 g/mol. The van der Waals surface area contributed by atoms with Gasteiger partial charge in [0.05, 0.1) is 26.4 Å². The van der Waals surface area contributed by atoms with E-state index in [2.05, 4.69) is 11.0 Å². The largest absolute Gasteiger partial charge is 0.504 e. The third-order valence-electron chi connectivity index (χ3n) is 5.00. The van der Waals surface area contributed by atoms with E-state index in [1.807, 2.05) is 13.8 Å². The Hall–Kier alpha value is -2.01. The number of morpholine rings is 1. The topological polar surface area (TPSA) is 101 Å². The lowest BCUT2D eigenvalue weighted by Gasteiger charge is -2.33. The van der Waals surface area contributed by atoms with E-state index in [1.54, 1.807) is 13.2 Å². The summed E-state index contributed by atoms with van der Waals surface area (Å²) in [6.45, 7) is 6.56. The van der Waals surface area contributed by atoms with Crippen LogP contribution in [0.2, 0.25) is 0 Å². The quantitative estimate of drug-likeness (QED) is 0.813. The maximum atomic E-state index is 10.4. The van der Waals surface area contributed by atoms with E-state index in [-0.39, 0.29) is 5.75 Å². The van der Waals surface area contributed by atoms with Crippen LogP contribution in [0.3, 0.4) is 0 Å². The molecule has 2 atom stereocenters. The molecule has 2 heterocycles. The third kappa shape index (κ3) is 3.58. The molecular formula is C19H27N3O4. The number of ether oxygens (including phenoxy) is 3. The van der Waals surface area contributed by atoms with E-state index in [9.17, 15) is 10.4 Å². The average Bonchev–Trinajstić information content (AvgIpc) is 2.92. The van der Waals surface area contributed by atoms with Gasteiger partial charge in [-0.15, -0.1) is 0 Å². The fourth-order valence-electron chi connectivity index (χ4n) is 3.84. The van der Waals surface area contributed by atoms with Gasteiger partial charge in [-0.2, -0.15) is 5.26 Å². The Morgan fingerprint density at radius 2 is 2.12 bits per heavy atom. The predicted octanol–water partition coefficient (Wildman–Crippen LogP) is 1.21. The summed E-state index contributed by atoms with van der Waals surface area (Å²) >= 11 is 0. The van der Waals surface area contributed by atoms with Crippen molar-refractivity contribution in [2.45, 2.75) is 44.4 Å². The van der Waals surface area contributed by atoms with Crippen LogP contribution in [-0.4, -0.2) is 61.1 Å². The van der Waals surface area contributed by atoms with Crippen LogP contribution in [0.25, 0.3) is 0 Å². The van der Waals surface area contributed by atoms with Crippen molar-refractivity contribution in [3.05, 3.63) is 17.2 Å². The molecule has 2 aliphatic heterocycles. The number of fused-ring (bicyclic) bond motifs is 1. The number of phenols is 1. The molecule has 0 saturated carbocycles. The van der Waals surface area contributed by atoms with Gasteiger partial charge >= 0.3 is 0 Å². The van der Waals surface area contributed by atoms with Gasteiger partial charge < -0.3 is 25.1 Å². The molecule has 1 aromatic carbocycles. The van der Waals surface area contributed by atoms with E-state index < -0.39 is 17.7 Å². The molecule has 7 heteroatoms. The maximum absolute atomic E-state index is 10.4. The minimum Gasteiger partial charge on any atom is -0.504 e. The Morgan fingerprint density at radius 3 is 2.73 bits per heavy atom. The fraction of sp³-hybridized carbons (Fsp3) is 0.632. The summed E-state index contributed by atoms with van der Waals surface area (Å²) in [5, 5.41) is 20.0. The molecule has 3 N–H and O–H groups in total. The lowest BCUT2D eigenvalue weighted by Crippen LogP contribution is -2.52. The van der Waals surface area contributed by atoms with Gasteiger partial charge in [-0.25, -0.2) is 0 Å². The first-order valence-electron chi connectivity index (χ1n) is 8.94. The number of benzene rings is 1. The number of nitrogens with zero attached hydrogens (tertiary/aromatic N) is 2. The summed E-state index contributed by atoms with van der Waals surface area (Å²) < 4.78 is 16.8. The maximum Gasteiger partial charge on any atom is 0.168 e. The number of hydrogen-bond acceptors (Lipinski definition) is 7. The summed E-state index contributed by atoms with van der Waals surface area (Å²) in [4.78, 5) is 2.06. The Balaban J connectivity index is 1.85. The van der Waals surface area contributed by atoms with Crippen molar-refractivity contribution in [3.63, 3.8) is 0 Å². The molecule has 0 aliphatic carbocycles. The van der Waals surface area contributed by atoms with Crippen LogP contribution in [0.5, 0.6) is 17.2 Å². The van der Waals surface area contributed by atoms with Crippen LogP contribution >= 0.6 is 0 Å². The molecule has 0 aromatic heterocycles. The zero-order valence-electron chi connectivity index (χ0n) is 15.6. The first-order chi connectivity index (χ1) is 12.4. The van der Waals surface area contributed by atoms with Gasteiger partial charge in [0.15, 0.2) is 11.5 Å². The predicted molar refractivity (Wildman–Crippen MR) is 96.5 cm³/mol. The molecule has 0 amide bonds. The number of phenolic OH excluding ortho intramolecular Hbond substituents is 1. The van der Waals surface area contributed by atoms with Crippen molar-refractivity contribution in [1.82, 2.24) is 4.90 Å². The van der Waals surface area contributed by atoms with Gasteiger partial charge in [-0.05, 0) is 31.9 Å². The summed E-state index contributed by atoms with van der Waals surface area (Å²) in [5.74, 6) is 1.26. The first kappa shape index (κ1) is 18.8. The number of nitriles is 1. The summed E-state index contributed by atoms with van der Waals surface area (Å²) in [5.41, 5.74) is 7.66. The lowest BCUT2D eigenvalue weighted by molar-refractivity contribution is 0.0226. The average molecular weight is 361 g/mol. The standard InChI is InChI=1S/C19H27N3O4/c1-19(2)10-13-17(24-3)12(9-16(23)18(13)26-19)8-14(21)15(11-20)22-4-6-25-7-5-22/h9,14-15,23H,4-8,10,21H2,1-3H3/t14-,15-/m0/s1. The highest BCUT2D eigenvalue weighted by Crippen LogP contribution is 2.48. The van der Waals surface area contributed by atoms with Crippen LogP contribution in [0, 0.1) is 11.3 Å². The highest BCUT2D eigenvalue weighted by Gasteiger charge is 2.36. The highest BCUT2D eigenvalue weighted by molar-refractivity contribution is 5.60. The lowest BCUT2D eigenvalue weighted by atomic mass is 9.94. The fourth-order valence-corrected chi connectivity index (χ4v) is 3.84. The molecule has 0 unspecified atom stereocenters. The molecule has 3 rings (SSSR count). The van der Waals surface area contributed by atoms with Gasteiger partial charge in [0.1, 0.15) is 17.4 Å². The molecular weight excluding hydrogens is 334 g/mol. The van der Waals surface area contributed by atoms with Crippen LogP contribution in [0.4, 0.5) is 0 Å². The Morgan fingerprint density at radius 1 is 1.42 bits per heavy atom. The van der Waals surface area contributed by atoms with E-state index in [0.717, 1.165) is 11.1 Å². The van der Waals surface area contributed by atoms with Crippen molar-refractivity contribution in [1.29, 1.82) is 5.26 Å². The van der Waals surface area contributed by atoms with E-state index in [1.165, 1.54) is 0 Å². The van der Waals surface area contributed by atoms with Gasteiger partial charge in [0, 0.05) is 31.1 Å². The Kier molecular flexibility index (Phi) is 5.28. The Labute approximate surface area is 154 Å². The molecule has 7 nitrogen and oxygen atoms in total. The van der Waals surface area contributed by atoms with Gasteiger partial charge in [0.2, 0.25) is 0 Å². The van der Waals surface area contributed by atoms with Crippen LogP contribution < -0.4 is 15.2 Å². The summed E-state index contributed by atoms with van der Waals surface area (Å²) in [6.07, 6.45) is 1.08. The minimum atomic E-state index is -0.410. The normalized spacial score (nSPS) is 21.3. The smallest absolute Gasteiger partial charge is 0.168 e. The summed E-state index contributed by atoms with van der Waals surface area (Å²) in [7, 11) is 1.61. The van der Waals surface area contributed by atoms with Gasteiger partial charge in [0.25, 0.3) is 0 Å². The van der Waals surface area contributed by atoms with Crippen molar-refractivity contribution in [2.75, 3.05) is 33.4 Å². The zero-order valence-corrected chi connectivity index (χ0v) is 15.6. The van der Waals surface area contributed by atoms with Gasteiger partial charge in [-0.1, -0.05) is 0 Å². The molecule has 26 heavy (non-hydrogen) atoms. The SMILES string of the molecule is COc1c(C[C@H](N)[C@H](C#N)N2CCOCC2)cc(O)c2c1CC(C)(C)O2. The van der Waals surface area contributed by atoms with E-state index >= 15 is 0 Å². The number of methoxy groups -OCH3 is 1. The van der Waals surface area contributed by atoms with Crippen molar-refractivity contribution >= 4 is 0 Å². The zero-order chi connectivity index (χ0) is 18.9. The second kappa shape index (κ2) is 7.31. The second-order valence-corrected chi connectivity index (χ2v) is 7.52. The van der Waals surface area contributed by atoms with Crippen LogP contribution in [-0.2, 0) is 17.6 Å². The van der Waals surface area contributed by atoms with E-state index in [0.29, 0.717) is 50.6 Å². The minimum absolute atomic E-state index is 0.0912. The number of hydrogen-bond donors (Lipinski definition) is 2.